The molecule has 1 aromatic heterocycles. The molecule has 0 unspecified atom stereocenters. The van der Waals surface area contributed by atoms with E-state index in [-0.39, 0.29) is 22.1 Å². The Kier molecular flexibility index (Phi) is 5.27. The van der Waals surface area contributed by atoms with E-state index in [2.05, 4.69) is 5.32 Å². The summed E-state index contributed by atoms with van der Waals surface area (Å²) in [6.07, 6.45) is -4.49. The molecular formula is C18H10Cl2F3NOS. The van der Waals surface area contributed by atoms with Crippen molar-refractivity contribution in [2.24, 2.45) is 0 Å². The van der Waals surface area contributed by atoms with Gasteiger partial charge in [0.05, 0.1) is 26.2 Å². The molecule has 0 radical (unpaired) electrons. The number of benzene rings is 2. The third kappa shape index (κ3) is 3.87. The van der Waals surface area contributed by atoms with Crippen LogP contribution in [0, 0.1) is 0 Å². The number of carbonyl (C=O) groups excluding carboxylic acids is 1. The lowest BCUT2D eigenvalue weighted by Gasteiger charge is -2.15. The molecule has 3 aromatic rings. The van der Waals surface area contributed by atoms with E-state index in [1.807, 2.05) is 0 Å². The van der Waals surface area contributed by atoms with Gasteiger partial charge in [-0.15, -0.1) is 11.3 Å². The maximum Gasteiger partial charge on any atom is 0.418 e. The summed E-state index contributed by atoms with van der Waals surface area (Å²) in [6.45, 7) is 0. The van der Waals surface area contributed by atoms with Gasteiger partial charge in [-0.1, -0.05) is 35.3 Å². The minimum absolute atomic E-state index is 0.101. The van der Waals surface area contributed by atoms with E-state index < -0.39 is 11.7 Å². The average molecular weight is 416 g/mol. The monoisotopic (exact) mass is 415 g/mol. The molecule has 1 heterocycles. The number of alkyl halides is 3. The third-order valence-corrected chi connectivity index (χ3v) is 5.20. The smallest absolute Gasteiger partial charge is 0.355 e. The maximum atomic E-state index is 13.1. The van der Waals surface area contributed by atoms with Gasteiger partial charge in [0.1, 0.15) is 0 Å². The number of hydrogen-bond acceptors (Lipinski definition) is 3. The Bertz CT molecular complexity index is 969. The highest BCUT2D eigenvalue weighted by Crippen LogP contribution is 2.36. The number of thiophene rings is 1. The molecule has 0 bridgehead atoms. The molecule has 0 amide bonds. The van der Waals surface area contributed by atoms with Gasteiger partial charge in [-0.3, -0.25) is 4.79 Å². The predicted molar refractivity (Wildman–Crippen MR) is 98.9 cm³/mol. The number of hydrogen-bond donors (Lipinski definition) is 1. The van der Waals surface area contributed by atoms with Gasteiger partial charge in [0.15, 0.2) is 0 Å². The number of carbonyl (C=O) groups is 1. The summed E-state index contributed by atoms with van der Waals surface area (Å²) in [7, 11) is 0. The van der Waals surface area contributed by atoms with Gasteiger partial charge >= 0.3 is 6.18 Å². The summed E-state index contributed by atoms with van der Waals surface area (Å²) in [4.78, 5) is 12.8. The second kappa shape index (κ2) is 7.31. The number of nitrogens with one attached hydrogen (secondary N) is 1. The van der Waals surface area contributed by atoms with Crippen LogP contribution in [-0.2, 0) is 6.18 Å². The molecular weight excluding hydrogens is 406 g/mol. The molecule has 26 heavy (non-hydrogen) atoms. The highest BCUT2D eigenvalue weighted by molar-refractivity contribution is 7.13. The van der Waals surface area contributed by atoms with E-state index in [9.17, 15) is 18.0 Å². The van der Waals surface area contributed by atoms with Crippen molar-refractivity contribution in [3.8, 4) is 0 Å². The fourth-order valence-electron chi connectivity index (χ4n) is 2.35. The molecule has 0 fully saturated rings. The summed E-state index contributed by atoms with van der Waals surface area (Å²) < 4.78 is 39.2. The van der Waals surface area contributed by atoms with Crippen LogP contribution in [0.3, 0.4) is 0 Å². The first-order valence-electron chi connectivity index (χ1n) is 7.28. The number of ketones is 1. The van der Waals surface area contributed by atoms with Crippen molar-refractivity contribution < 1.29 is 18.0 Å². The quantitative estimate of drug-likeness (QED) is 0.462. The lowest BCUT2D eigenvalue weighted by Crippen LogP contribution is -2.08. The van der Waals surface area contributed by atoms with E-state index in [1.54, 1.807) is 11.4 Å². The second-order valence-corrected chi connectivity index (χ2v) is 7.02. The number of rotatable bonds is 4. The minimum Gasteiger partial charge on any atom is -0.355 e. The fourth-order valence-corrected chi connectivity index (χ4v) is 3.71. The zero-order valence-electron chi connectivity index (χ0n) is 12.9. The van der Waals surface area contributed by atoms with Gasteiger partial charge in [-0.05, 0) is 41.8 Å². The Morgan fingerprint density at radius 2 is 1.73 bits per heavy atom. The summed E-state index contributed by atoms with van der Waals surface area (Å²) in [6, 6.07) is 11.1. The van der Waals surface area contributed by atoms with Gasteiger partial charge in [0.2, 0.25) is 5.78 Å². The van der Waals surface area contributed by atoms with Crippen LogP contribution in [0.1, 0.15) is 20.8 Å². The SMILES string of the molecule is O=C(c1ccc(Nc2ccccc2C(F)(F)F)cc1Cl)c1sccc1Cl. The predicted octanol–water partition coefficient (Wildman–Crippen LogP) is 7.05. The molecule has 134 valence electrons. The molecule has 1 N–H and O–H groups in total. The van der Waals surface area contributed by atoms with Crippen LogP contribution < -0.4 is 5.32 Å². The van der Waals surface area contributed by atoms with Gasteiger partial charge in [-0.2, -0.15) is 13.2 Å². The molecule has 0 saturated heterocycles. The van der Waals surface area contributed by atoms with Crippen LogP contribution in [-0.4, -0.2) is 5.78 Å². The van der Waals surface area contributed by atoms with E-state index in [1.165, 1.54) is 47.7 Å². The molecule has 2 nitrogen and oxygen atoms in total. The first-order chi connectivity index (χ1) is 12.3. The topological polar surface area (TPSA) is 29.1 Å². The van der Waals surface area contributed by atoms with E-state index in [0.717, 1.165) is 6.07 Å². The molecule has 3 rings (SSSR count). The van der Waals surface area contributed by atoms with Crippen molar-refractivity contribution in [3.05, 3.63) is 80.0 Å². The Labute approximate surface area is 161 Å². The van der Waals surface area contributed by atoms with Crippen LogP contribution in [0.5, 0.6) is 0 Å². The lowest BCUT2D eigenvalue weighted by molar-refractivity contribution is -0.136. The molecule has 0 spiro atoms. The molecule has 0 aliphatic carbocycles. The van der Waals surface area contributed by atoms with E-state index >= 15 is 0 Å². The zero-order chi connectivity index (χ0) is 18.9. The molecule has 0 aliphatic rings. The van der Waals surface area contributed by atoms with Crippen molar-refractivity contribution in [1.29, 1.82) is 0 Å². The number of para-hydroxylation sites is 1. The molecule has 8 heteroatoms. The first kappa shape index (κ1) is 18.8. The molecule has 0 atom stereocenters. The summed E-state index contributed by atoms with van der Waals surface area (Å²) in [5, 5.41) is 4.83. The number of halogens is 5. The normalized spacial score (nSPS) is 11.4. The van der Waals surface area contributed by atoms with Crippen molar-refractivity contribution >= 4 is 51.7 Å². The second-order valence-electron chi connectivity index (χ2n) is 5.29. The third-order valence-electron chi connectivity index (χ3n) is 3.55. The Hall–Kier alpha value is -2.02. The van der Waals surface area contributed by atoms with Gasteiger partial charge < -0.3 is 5.32 Å². The Balaban J connectivity index is 1.90. The molecule has 0 aliphatic heterocycles. The van der Waals surface area contributed by atoms with Gasteiger partial charge in [0, 0.05) is 11.3 Å². The van der Waals surface area contributed by atoms with E-state index in [4.69, 9.17) is 23.2 Å². The van der Waals surface area contributed by atoms with E-state index in [0.29, 0.717) is 15.6 Å². The first-order valence-corrected chi connectivity index (χ1v) is 8.91. The molecule has 0 saturated carbocycles. The van der Waals surface area contributed by atoms with Crippen LogP contribution >= 0.6 is 34.5 Å². The molecule has 2 aromatic carbocycles. The zero-order valence-corrected chi connectivity index (χ0v) is 15.2. The van der Waals surface area contributed by atoms with Crippen molar-refractivity contribution in [1.82, 2.24) is 0 Å². The highest BCUT2D eigenvalue weighted by atomic mass is 35.5. The van der Waals surface area contributed by atoms with Crippen LogP contribution in [0.25, 0.3) is 0 Å². The fraction of sp³-hybridized carbons (Fsp3) is 0.0556. The minimum atomic E-state index is -4.49. The average Bonchev–Trinajstić information content (AvgIpc) is 3.00. The summed E-state index contributed by atoms with van der Waals surface area (Å²) in [5.74, 6) is -0.336. The van der Waals surface area contributed by atoms with Crippen molar-refractivity contribution in [2.75, 3.05) is 5.32 Å². The summed E-state index contributed by atoms with van der Waals surface area (Å²) >= 11 is 13.3. The van der Waals surface area contributed by atoms with Crippen molar-refractivity contribution in [3.63, 3.8) is 0 Å². The Morgan fingerprint density at radius 3 is 2.35 bits per heavy atom. The summed E-state index contributed by atoms with van der Waals surface area (Å²) in [5.41, 5.74) is -0.329. The highest BCUT2D eigenvalue weighted by Gasteiger charge is 2.33. The van der Waals surface area contributed by atoms with Gasteiger partial charge in [0.25, 0.3) is 0 Å². The van der Waals surface area contributed by atoms with Crippen LogP contribution in [0.4, 0.5) is 24.5 Å². The van der Waals surface area contributed by atoms with Crippen LogP contribution in [0.15, 0.2) is 53.9 Å². The van der Waals surface area contributed by atoms with Crippen LogP contribution in [0.2, 0.25) is 10.0 Å². The van der Waals surface area contributed by atoms with Crippen molar-refractivity contribution in [2.45, 2.75) is 6.18 Å². The number of anilines is 2. The largest absolute Gasteiger partial charge is 0.418 e. The lowest BCUT2D eigenvalue weighted by atomic mass is 10.1. The maximum absolute atomic E-state index is 13.1. The standard InChI is InChI=1S/C18H10Cl2F3NOS/c19-13-7-8-26-17(13)16(25)11-6-5-10(9-14(11)20)24-15-4-2-1-3-12(15)18(21,22)23/h1-9,24H. The van der Waals surface area contributed by atoms with Gasteiger partial charge in [-0.25, -0.2) is 0 Å². The Morgan fingerprint density at radius 1 is 1.00 bits per heavy atom.